The molecule has 0 spiro atoms. The largest absolute Gasteiger partial charge is 0.377 e. The molecule has 1 atom stereocenters. The monoisotopic (exact) mass is 96.1 g/mol. The molecule has 1 saturated heterocycles. The summed E-state index contributed by atoms with van der Waals surface area (Å²) in [6, 6.07) is 0. The summed E-state index contributed by atoms with van der Waals surface area (Å²) in [5, 5.41) is 0. The minimum absolute atomic E-state index is 0.394. The maximum atomic E-state index is 5.03. The number of ether oxygens (including phenoxy) is 1. The molecular weight excluding hydrogens is 88.1 g/mol. The fourth-order valence-corrected chi connectivity index (χ4v) is 0.577. The zero-order valence-corrected chi connectivity index (χ0v) is 4.18. The van der Waals surface area contributed by atoms with Crippen molar-refractivity contribution in [3.05, 3.63) is 0 Å². The molecule has 1 fully saturated rings. The van der Waals surface area contributed by atoms with Crippen molar-refractivity contribution in [1.82, 2.24) is 0 Å². The Kier molecular flexibility index (Phi) is 1.33. The van der Waals surface area contributed by atoms with Crippen LogP contribution in [-0.2, 0) is 4.74 Å². The van der Waals surface area contributed by atoms with Gasteiger partial charge in [0.05, 0.1) is 6.10 Å². The summed E-state index contributed by atoms with van der Waals surface area (Å²) in [4.78, 5) is 0. The van der Waals surface area contributed by atoms with Gasteiger partial charge in [0.1, 0.15) is 0 Å². The molecule has 0 N–H and O–H groups in total. The highest BCUT2D eigenvalue weighted by Gasteiger charge is 2.15. The number of rotatable bonds is 1. The molecule has 7 heavy (non-hydrogen) atoms. The SMILES string of the molecule is C#CCC1CCO1. The second-order valence-corrected chi connectivity index (χ2v) is 1.69. The van der Waals surface area contributed by atoms with E-state index in [1.54, 1.807) is 0 Å². The zero-order valence-electron chi connectivity index (χ0n) is 4.18. The van der Waals surface area contributed by atoms with Gasteiger partial charge in [-0.3, -0.25) is 0 Å². The van der Waals surface area contributed by atoms with Gasteiger partial charge in [-0.05, 0) is 6.42 Å². The normalized spacial score (nSPS) is 28.1. The van der Waals surface area contributed by atoms with Crippen LogP contribution in [0.1, 0.15) is 12.8 Å². The van der Waals surface area contributed by atoms with Crippen molar-refractivity contribution in [2.24, 2.45) is 0 Å². The highest BCUT2D eigenvalue weighted by molar-refractivity contribution is 4.89. The topological polar surface area (TPSA) is 9.23 Å². The molecule has 1 unspecified atom stereocenters. The Morgan fingerprint density at radius 3 is 2.71 bits per heavy atom. The van der Waals surface area contributed by atoms with Gasteiger partial charge in [-0.25, -0.2) is 0 Å². The molecule has 1 aliphatic heterocycles. The first kappa shape index (κ1) is 4.67. The second-order valence-electron chi connectivity index (χ2n) is 1.69. The van der Waals surface area contributed by atoms with Gasteiger partial charge < -0.3 is 4.74 Å². The van der Waals surface area contributed by atoms with Crippen molar-refractivity contribution < 1.29 is 4.74 Å². The van der Waals surface area contributed by atoms with Gasteiger partial charge in [0.2, 0.25) is 0 Å². The van der Waals surface area contributed by atoms with Crippen LogP contribution in [0.5, 0.6) is 0 Å². The maximum absolute atomic E-state index is 5.03. The summed E-state index contributed by atoms with van der Waals surface area (Å²) in [6.07, 6.45) is 7.35. The molecule has 0 radical (unpaired) electrons. The lowest BCUT2D eigenvalue weighted by molar-refractivity contribution is -0.0463. The van der Waals surface area contributed by atoms with Gasteiger partial charge in [0, 0.05) is 13.0 Å². The minimum atomic E-state index is 0.394. The quantitative estimate of drug-likeness (QED) is 0.439. The predicted octanol–water partition coefficient (Wildman–Crippen LogP) is 0.799. The third kappa shape index (κ3) is 0.942. The van der Waals surface area contributed by atoms with Gasteiger partial charge in [-0.2, -0.15) is 0 Å². The molecule has 1 rings (SSSR count). The van der Waals surface area contributed by atoms with E-state index in [0.717, 1.165) is 19.4 Å². The van der Waals surface area contributed by atoms with Crippen LogP contribution in [0, 0.1) is 12.3 Å². The first-order valence-electron chi connectivity index (χ1n) is 2.48. The predicted molar refractivity (Wildman–Crippen MR) is 27.8 cm³/mol. The molecule has 0 aromatic rings. The second kappa shape index (κ2) is 1.99. The van der Waals surface area contributed by atoms with Gasteiger partial charge in [-0.15, -0.1) is 12.3 Å². The van der Waals surface area contributed by atoms with E-state index >= 15 is 0 Å². The van der Waals surface area contributed by atoms with Crippen molar-refractivity contribution in [3.8, 4) is 12.3 Å². The highest BCUT2D eigenvalue weighted by Crippen LogP contribution is 2.12. The van der Waals surface area contributed by atoms with Crippen LogP contribution in [0.3, 0.4) is 0 Å². The van der Waals surface area contributed by atoms with Crippen LogP contribution < -0.4 is 0 Å². The molecular formula is C6H8O. The van der Waals surface area contributed by atoms with E-state index in [4.69, 9.17) is 11.2 Å². The molecule has 1 aliphatic rings. The first-order valence-corrected chi connectivity index (χ1v) is 2.48. The van der Waals surface area contributed by atoms with Crippen molar-refractivity contribution >= 4 is 0 Å². The Morgan fingerprint density at radius 1 is 1.86 bits per heavy atom. The van der Waals surface area contributed by atoms with E-state index in [1.165, 1.54) is 0 Å². The first-order chi connectivity index (χ1) is 3.43. The lowest BCUT2D eigenvalue weighted by atomic mass is 10.1. The zero-order chi connectivity index (χ0) is 5.11. The van der Waals surface area contributed by atoms with Crippen molar-refractivity contribution in [2.75, 3.05) is 6.61 Å². The van der Waals surface area contributed by atoms with Crippen LogP contribution in [0.2, 0.25) is 0 Å². The molecule has 0 amide bonds. The fraction of sp³-hybridized carbons (Fsp3) is 0.667. The number of terminal acetylenes is 1. The van der Waals surface area contributed by atoms with Gasteiger partial charge >= 0.3 is 0 Å². The number of hydrogen-bond donors (Lipinski definition) is 0. The lowest BCUT2D eigenvalue weighted by Gasteiger charge is -2.23. The molecule has 38 valence electrons. The maximum Gasteiger partial charge on any atom is 0.0706 e. The summed E-state index contributed by atoms with van der Waals surface area (Å²) < 4.78 is 5.03. The average molecular weight is 96.1 g/mol. The molecule has 1 heteroatoms. The van der Waals surface area contributed by atoms with E-state index in [2.05, 4.69) is 5.92 Å². The van der Waals surface area contributed by atoms with E-state index in [0.29, 0.717) is 6.10 Å². The van der Waals surface area contributed by atoms with Crippen LogP contribution in [0.15, 0.2) is 0 Å². The van der Waals surface area contributed by atoms with E-state index in [9.17, 15) is 0 Å². The third-order valence-electron chi connectivity index (χ3n) is 1.14. The molecule has 0 aliphatic carbocycles. The highest BCUT2D eigenvalue weighted by atomic mass is 16.5. The molecule has 0 aromatic carbocycles. The van der Waals surface area contributed by atoms with Crippen molar-refractivity contribution in [2.45, 2.75) is 18.9 Å². The average Bonchev–Trinajstić information content (AvgIpc) is 1.55. The smallest absolute Gasteiger partial charge is 0.0706 e. The minimum Gasteiger partial charge on any atom is -0.377 e. The van der Waals surface area contributed by atoms with Crippen LogP contribution in [0.4, 0.5) is 0 Å². The van der Waals surface area contributed by atoms with E-state index < -0.39 is 0 Å². The summed E-state index contributed by atoms with van der Waals surface area (Å²) in [7, 11) is 0. The summed E-state index contributed by atoms with van der Waals surface area (Å²) in [6.45, 7) is 0.909. The molecule has 1 nitrogen and oxygen atoms in total. The van der Waals surface area contributed by atoms with Gasteiger partial charge in [0.25, 0.3) is 0 Å². The summed E-state index contributed by atoms with van der Waals surface area (Å²) in [5.74, 6) is 2.54. The van der Waals surface area contributed by atoms with Crippen LogP contribution in [-0.4, -0.2) is 12.7 Å². The van der Waals surface area contributed by atoms with Crippen molar-refractivity contribution in [3.63, 3.8) is 0 Å². The van der Waals surface area contributed by atoms with Gasteiger partial charge in [0.15, 0.2) is 0 Å². The Labute approximate surface area is 43.7 Å². The van der Waals surface area contributed by atoms with Crippen LogP contribution in [0.25, 0.3) is 0 Å². The Bertz CT molecular complexity index is 86.8. The van der Waals surface area contributed by atoms with Gasteiger partial charge in [-0.1, -0.05) is 0 Å². The molecule has 0 saturated carbocycles. The molecule has 1 heterocycles. The van der Waals surface area contributed by atoms with Crippen LogP contribution >= 0.6 is 0 Å². The van der Waals surface area contributed by atoms with E-state index in [1.807, 2.05) is 0 Å². The number of hydrogen-bond acceptors (Lipinski definition) is 1. The Hall–Kier alpha value is -0.480. The Balaban J connectivity index is 2.06. The lowest BCUT2D eigenvalue weighted by Crippen LogP contribution is -2.25. The Morgan fingerprint density at radius 2 is 2.57 bits per heavy atom. The standard InChI is InChI=1S/C6H8O/c1-2-3-6-4-5-7-6/h1,6H,3-5H2. The van der Waals surface area contributed by atoms with E-state index in [-0.39, 0.29) is 0 Å². The summed E-state index contributed by atoms with van der Waals surface area (Å²) in [5.41, 5.74) is 0. The molecule has 0 bridgehead atoms. The third-order valence-corrected chi connectivity index (χ3v) is 1.14. The fourth-order valence-electron chi connectivity index (χ4n) is 0.577. The molecule has 0 aromatic heterocycles. The summed E-state index contributed by atoms with van der Waals surface area (Å²) >= 11 is 0. The van der Waals surface area contributed by atoms with Crippen molar-refractivity contribution in [1.29, 1.82) is 0 Å².